The topological polar surface area (TPSA) is 29.1 Å². The minimum Gasteiger partial charge on any atom is -0.307 e. The molecule has 0 bridgehead atoms. The molecule has 0 aromatic carbocycles. The Labute approximate surface area is 99.3 Å². The van der Waals surface area contributed by atoms with Crippen molar-refractivity contribution >= 4 is 63.2 Å². The number of nitrogens with one attached hydrogen (secondary N) is 1. The Balaban J connectivity index is 2.27. The van der Waals surface area contributed by atoms with Gasteiger partial charge in [0.25, 0.3) is 5.91 Å². The summed E-state index contributed by atoms with van der Waals surface area (Å²) in [7, 11) is 0. The van der Waals surface area contributed by atoms with Crippen molar-refractivity contribution in [3.8, 4) is 0 Å². The molecule has 0 saturated carbocycles. The van der Waals surface area contributed by atoms with Gasteiger partial charge < -0.3 is 5.32 Å². The van der Waals surface area contributed by atoms with Crippen LogP contribution in [0.4, 0.5) is 0 Å². The van der Waals surface area contributed by atoms with E-state index in [0.717, 1.165) is 4.88 Å². The zero-order valence-electron chi connectivity index (χ0n) is 6.74. The predicted molar refractivity (Wildman–Crippen MR) is 65.6 cm³/mol. The first-order valence-electron chi connectivity index (χ1n) is 3.65. The number of halogens is 1. The molecule has 0 spiro atoms. The maximum absolute atomic E-state index is 11.3. The largest absolute Gasteiger partial charge is 0.307 e. The van der Waals surface area contributed by atoms with Crippen molar-refractivity contribution in [1.82, 2.24) is 5.32 Å². The van der Waals surface area contributed by atoms with E-state index < -0.39 is 0 Å². The fourth-order valence-electron chi connectivity index (χ4n) is 0.956. The Hall–Kier alpha value is -0.360. The zero-order chi connectivity index (χ0) is 10.1. The van der Waals surface area contributed by atoms with Crippen LogP contribution < -0.4 is 5.32 Å². The highest BCUT2D eigenvalue weighted by Crippen LogP contribution is 2.29. The lowest BCUT2D eigenvalue weighted by atomic mass is 10.4. The van der Waals surface area contributed by atoms with E-state index in [1.165, 1.54) is 23.1 Å². The highest BCUT2D eigenvalue weighted by atomic mass is 35.5. The van der Waals surface area contributed by atoms with Crippen LogP contribution in [0.2, 0.25) is 4.34 Å². The summed E-state index contributed by atoms with van der Waals surface area (Å²) in [6.07, 6.45) is 1.79. The van der Waals surface area contributed by atoms with E-state index in [9.17, 15) is 4.79 Å². The van der Waals surface area contributed by atoms with Gasteiger partial charge in [-0.1, -0.05) is 35.6 Å². The van der Waals surface area contributed by atoms with Crippen LogP contribution in [0, 0.1) is 0 Å². The molecule has 72 valence electrons. The lowest BCUT2D eigenvalue weighted by Crippen LogP contribution is -2.17. The van der Waals surface area contributed by atoms with Crippen LogP contribution in [0.5, 0.6) is 0 Å². The summed E-state index contributed by atoms with van der Waals surface area (Å²) in [6, 6.07) is 3.67. The van der Waals surface area contributed by atoms with E-state index in [1.54, 1.807) is 12.1 Å². The number of thiophene rings is 1. The molecule has 0 unspecified atom stereocenters. The van der Waals surface area contributed by atoms with Crippen molar-refractivity contribution in [3.63, 3.8) is 0 Å². The third-order valence-electron chi connectivity index (χ3n) is 1.51. The first kappa shape index (κ1) is 10.2. The molecule has 2 rings (SSSR count). The van der Waals surface area contributed by atoms with Gasteiger partial charge in [-0.3, -0.25) is 4.79 Å². The van der Waals surface area contributed by atoms with Gasteiger partial charge in [0.05, 0.1) is 9.24 Å². The molecule has 2 heterocycles. The summed E-state index contributed by atoms with van der Waals surface area (Å²) in [6.45, 7) is 0. The quantitative estimate of drug-likeness (QED) is 0.623. The van der Waals surface area contributed by atoms with Crippen LogP contribution in [-0.2, 0) is 4.79 Å². The van der Waals surface area contributed by atoms with Gasteiger partial charge in [-0.05, 0) is 18.2 Å². The number of amides is 1. The van der Waals surface area contributed by atoms with Crippen molar-refractivity contribution in [1.29, 1.82) is 0 Å². The fourth-order valence-corrected chi connectivity index (χ4v) is 3.07. The first-order chi connectivity index (χ1) is 6.65. The molecule has 1 saturated heterocycles. The number of carbonyl (C=O) groups is 1. The molecule has 2 nitrogen and oxygen atoms in total. The summed E-state index contributed by atoms with van der Waals surface area (Å²) in [5, 5.41) is 2.55. The highest BCUT2D eigenvalue weighted by Gasteiger charge is 2.21. The molecule has 6 heteroatoms. The monoisotopic (exact) mass is 261 g/mol. The van der Waals surface area contributed by atoms with Gasteiger partial charge in [-0.15, -0.1) is 11.3 Å². The SMILES string of the molecule is O=C1NC(=S)SC1=Cc1ccc(Cl)s1. The van der Waals surface area contributed by atoms with Gasteiger partial charge >= 0.3 is 0 Å². The molecule has 14 heavy (non-hydrogen) atoms. The second-order valence-corrected chi connectivity index (χ2v) is 5.96. The van der Waals surface area contributed by atoms with E-state index in [0.29, 0.717) is 13.6 Å². The molecule has 0 radical (unpaired) electrons. The van der Waals surface area contributed by atoms with Crippen molar-refractivity contribution < 1.29 is 4.79 Å². The third kappa shape index (κ3) is 2.17. The van der Waals surface area contributed by atoms with Crippen LogP contribution >= 0.6 is 46.9 Å². The summed E-state index contributed by atoms with van der Waals surface area (Å²) in [5.74, 6) is -0.135. The van der Waals surface area contributed by atoms with E-state index in [-0.39, 0.29) is 5.91 Å². The van der Waals surface area contributed by atoms with Crippen molar-refractivity contribution in [3.05, 3.63) is 26.3 Å². The molecular formula is C8H4ClNOS3. The average Bonchev–Trinajstić information content (AvgIpc) is 2.61. The molecule has 1 aliphatic rings. The predicted octanol–water partition coefficient (Wildman–Crippen LogP) is 2.89. The third-order valence-corrected chi connectivity index (χ3v) is 3.85. The second kappa shape index (κ2) is 4.02. The van der Waals surface area contributed by atoms with E-state index >= 15 is 0 Å². The smallest absolute Gasteiger partial charge is 0.263 e. The Bertz CT molecular complexity index is 438. The molecule has 1 aromatic heterocycles. The van der Waals surface area contributed by atoms with E-state index in [2.05, 4.69) is 5.32 Å². The number of carbonyl (C=O) groups excluding carboxylic acids is 1. The van der Waals surface area contributed by atoms with Crippen LogP contribution in [0.1, 0.15) is 4.88 Å². The number of hydrogen-bond acceptors (Lipinski definition) is 4. The Kier molecular flexibility index (Phi) is 2.92. The minimum atomic E-state index is -0.135. The molecular weight excluding hydrogens is 258 g/mol. The summed E-state index contributed by atoms with van der Waals surface area (Å²) in [4.78, 5) is 12.9. The van der Waals surface area contributed by atoms with Crippen molar-refractivity contribution in [2.45, 2.75) is 0 Å². The summed E-state index contributed by atoms with van der Waals surface area (Å²) in [5.41, 5.74) is 0. The van der Waals surface area contributed by atoms with Gasteiger partial charge in [-0.25, -0.2) is 0 Å². The summed E-state index contributed by atoms with van der Waals surface area (Å²) < 4.78 is 1.21. The van der Waals surface area contributed by atoms with Gasteiger partial charge in [0.2, 0.25) is 0 Å². The number of thiocarbonyl (C=S) groups is 1. The maximum atomic E-state index is 11.3. The fraction of sp³-hybridized carbons (Fsp3) is 0. The molecule has 0 aliphatic carbocycles. The van der Waals surface area contributed by atoms with E-state index in [4.69, 9.17) is 23.8 Å². The number of hydrogen-bond donors (Lipinski definition) is 1. The van der Waals surface area contributed by atoms with Crippen molar-refractivity contribution in [2.75, 3.05) is 0 Å². The lowest BCUT2D eigenvalue weighted by molar-refractivity contribution is -0.115. The van der Waals surface area contributed by atoms with E-state index in [1.807, 2.05) is 6.07 Å². The summed E-state index contributed by atoms with van der Waals surface area (Å²) >= 11 is 13.3. The van der Waals surface area contributed by atoms with Gasteiger partial charge in [0.15, 0.2) is 0 Å². The molecule has 1 aliphatic heterocycles. The number of rotatable bonds is 1. The lowest BCUT2D eigenvalue weighted by Gasteiger charge is -1.88. The first-order valence-corrected chi connectivity index (χ1v) is 6.07. The second-order valence-electron chi connectivity index (χ2n) is 2.49. The molecule has 0 atom stereocenters. The standard InChI is InChI=1S/C8H4ClNOS3/c9-6-2-1-4(13-6)3-5-7(11)10-8(12)14-5/h1-3H,(H,10,11,12). The maximum Gasteiger partial charge on any atom is 0.263 e. The molecule has 1 aromatic rings. The average molecular weight is 262 g/mol. The Morgan fingerprint density at radius 1 is 1.50 bits per heavy atom. The van der Waals surface area contributed by atoms with Crippen LogP contribution in [0.3, 0.4) is 0 Å². The molecule has 1 fully saturated rings. The van der Waals surface area contributed by atoms with Crippen LogP contribution in [-0.4, -0.2) is 10.2 Å². The van der Waals surface area contributed by atoms with Gasteiger partial charge in [0, 0.05) is 4.88 Å². The van der Waals surface area contributed by atoms with Crippen molar-refractivity contribution in [2.24, 2.45) is 0 Å². The van der Waals surface area contributed by atoms with Crippen LogP contribution in [0.25, 0.3) is 6.08 Å². The van der Waals surface area contributed by atoms with Crippen LogP contribution in [0.15, 0.2) is 17.0 Å². The normalized spacial score (nSPS) is 19.1. The minimum absolute atomic E-state index is 0.135. The van der Waals surface area contributed by atoms with Gasteiger partial charge in [0.1, 0.15) is 4.32 Å². The highest BCUT2D eigenvalue weighted by molar-refractivity contribution is 8.26. The molecule has 1 amide bonds. The number of thioether (sulfide) groups is 1. The Morgan fingerprint density at radius 3 is 2.79 bits per heavy atom. The molecule has 1 N–H and O–H groups in total. The Morgan fingerprint density at radius 2 is 2.29 bits per heavy atom. The zero-order valence-corrected chi connectivity index (χ0v) is 9.95. The van der Waals surface area contributed by atoms with Gasteiger partial charge in [-0.2, -0.15) is 0 Å².